The van der Waals surface area contributed by atoms with Gasteiger partial charge in [-0.2, -0.15) is 26.3 Å². The normalized spacial score (nSPS) is 18.1. The van der Waals surface area contributed by atoms with Gasteiger partial charge in [-0.25, -0.2) is 4.98 Å². The van der Waals surface area contributed by atoms with Crippen molar-refractivity contribution in [2.75, 3.05) is 46.3 Å². The molecular formula is C17H26F6IN5S. The molecular weight excluding hydrogens is 547 g/mol. The highest BCUT2D eigenvalue weighted by Crippen LogP contribution is 2.30. The summed E-state index contributed by atoms with van der Waals surface area (Å²) in [5, 5.41) is 4.48. The number of halogens is 7. The van der Waals surface area contributed by atoms with Crippen LogP contribution in [0, 0.1) is 5.92 Å². The second-order valence-corrected chi connectivity index (χ2v) is 7.83. The van der Waals surface area contributed by atoms with E-state index in [-0.39, 0.29) is 29.9 Å². The van der Waals surface area contributed by atoms with Gasteiger partial charge >= 0.3 is 12.4 Å². The third kappa shape index (κ3) is 8.73. The summed E-state index contributed by atoms with van der Waals surface area (Å²) in [5.74, 6) is 0.697. The molecule has 0 saturated carbocycles. The summed E-state index contributed by atoms with van der Waals surface area (Å²) in [6, 6.07) is 0. The van der Waals surface area contributed by atoms with E-state index in [9.17, 15) is 26.3 Å². The zero-order valence-electron chi connectivity index (χ0n) is 16.7. The molecule has 1 atom stereocenters. The number of aliphatic imine (C=N–C) groups is 1. The Morgan fingerprint density at radius 1 is 1.33 bits per heavy atom. The standard InChI is InChI=1S/C17H25F6N5S.HI/c1-3-27(11-16(18,19)20)8-12-5-7-28(9-12)15(24-2)25-6-4-14-26-13(10-29-14)17(21,22)23;/h10,12H,3-9,11H2,1-2H3,(H,24,25);1H. The molecule has 0 spiro atoms. The fourth-order valence-corrected chi connectivity index (χ4v) is 4.07. The Morgan fingerprint density at radius 3 is 2.57 bits per heavy atom. The minimum Gasteiger partial charge on any atom is -0.356 e. The van der Waals surface area contributed by atoms with E-state index in [1.165, 1.54) is 4.90 Å². The van der Waals surface area contributed by atoms with Gasteiger partial charge in [-0.3, -0.25) is 9.89 Å². The quantitative estimate of drug-likeness (QED) is 0.231. The first-order chi connectivity index (χ1) is 13.5. The second kappa shape index (κ2) is 11.7. The Kier molecular flexibility index (Phi) is 10.6. The highest BCUT2D eigenvalue weighted by atomic mass is 127. The molecule has 1 aliphatic rings. The van der Waals surface area contributed by atoms with Crippen LogP contribution in [0.4, 0.5) is 26.3 Å². The molecule has 1 unspecified atom stereocenters. The molecule has 0 amide bonds. The number of nitrogens with one attached hydrogen (secondary N) is 1. The summed E-state index contributed by atoms with van der Waals surface area (Å²) in [5.41, 5.74) is -0.886. The van der Waals surface area contributed by atoms with Crippen molar-refractivity contribution < 1.29 is 26.3 Å². The van der Waals surface area contributed by atoms with Crippen LogP contribution in [0.5, 0.6) is 0 Å². The molecule has 1 saturated heterocycles. The van der Waals surface area contributed by atoms with Crippen molar-refractivity contribution >= 4 is 41.3 Å². The minimum absolute atomic E-state index is 0. The molecule has 0 aliphatic carbocycles. The van der Waals surface area contributed by atoms with Crippen molar-refractivity contribution in [2.45, 2.75) is 32.1 Å². The van der Waals surface area contributed by atoms with Crippen molar-refractivity contribution in [3.63, 3.8) is 0 Å². The number of nitrogens with zero attached hydrogens (tertiary/aromatic N) is 4. The van der Waals surface area contributed by atoms with Gasteiger partial charge in [0.2, 0.25) is 0 Å². The van der Waals surface area contributed by atoms with E-state index in [1.807, 2.05) is 4.90 Å². The molecule has 0 bridgehead atoms. The molecule has 1 aromatic rings. The Labute approximate surface area is 192 Å². The van der Waals surface area contributed by atoms with Crippen molar-refractivity contribution in [1.29, 1.82) is 0 Å². The maximum Gasteiger partial charge on any atom is 0.434 e. The first kappa shape index (κ1) is 27.2. The predicted molar refractivity (Wildman–Crippen MR) is 115 cm³/mol. The number of rotatable bonds is 7. The molecule has 30 heavy (non-hydrogen) atoms. The topological polar surface area (TPSA) is 43.8 Å². The predicted octanol–water partition coefficient (Wildman–Crippen LogP) is 4.10. The zero-order valence-corrected chi connectivity index (χ0v) is 19.8. The third-order valence-electron chi connectivity index (χ3n) is 4.63. The Hall–Kier alpha value is -0.830. The Bertz CT molecular complexity index is 678. The highest BCUT2D eigenvalue weighted by Gasteiger charge is 2.34. The number of hydrogen-bond donors (Lipinski definition) is 1. The van der Waals surface area contributed by atoms with Gasteiger partial charge in [-0.05, 0) is 18.9 Å². The first-order valence-electron chi connectivity index (χ1n) is 9.28. The van der Waals surface area contributed by atoms with Crippen molar-refractivity contribution in [1.82, 2.24) is 20.1 Å². The van der Waals surface area contributed by atoms with Crippen molar-refractivity contribution in [2.24, 2.45) is 10.9 Å². The fourth-order valence-electron chi connectivity index (χ4n) is 3.27. The molecule has 0 radical (unpaired) electrons. The number of aromatic nitrogens is 1. The van der Waals surface area contributed by atoms with E-state index < -0.39 is 24.6 Å². The molecule has 1 fully saturated rings. The number of thiazole rings is 1. The lowest BCUT2D eigenvalue weighted by atomic mass is 10.1. The van der Waals surface area contributed by atoms with E-state index in [1.54, 1.807) is 14.0 Å². The van der Waals surface area contributed by atoms with E-state index in [2.05, 4.69) is 15.3 Å². The van der Waals surface area contributed by atoms with Gasteiger partial charge in [-0.1, -0.05) is 6.92 Å². The maximum atomic E-state index is 12.6. The fraction of sp³-hybridized carbons (Fsp3) is 0.765. The molecule has 2 heterocycles. The lowest BCUT2D eigenvalue weighted by molar-refractivity contribution is -0.146. The van der Waals surface area contributed by atoms with Gasteiger partial charge < -0.3 is 10.2 Å². The van der Waals surface area contributed by atoms with Gasteiger partial charge in [0.05, 0.1) is 11.6 Å². The van der Waals surface area contributed by atoms with E-state index in [4.69, 9.17) is 0 Å². The highest BCUT2D eigenvalue weighted by molar-refractivity contribution is 14.0. The Balaban J connectivity index is 0.00000450. The van der Waals surface area contributed by atoms with Gasteiger partial charge in [-0.15, -0.1) is 35.3 Å². The molecule has 1 aliphatic heterocycles. The number of likely N-dealkylation sites (tertiary alicyclic amines) is 1. The van der Waals surface area contributed by atoms with Crippen molar-refractivity contribution in [3.05, 3.63) is 16.1 Å². The molecule has 5 nitrogen and oxygen atoms in total. The largest absolute Gasteiger partial charge is 0.434 e. The van der Waals surface area contributed by atoms with Crippen LogP contribution in [0.25, 0.3) is 0 Å². The summed E-state index contributed by atoms with van der Waals surface area (Å²) in [6.45, 7) is 3.11. The minimum atomic E-state index is -4.44. The lowest BCUT2D eigenvalue weighted by Gasteiger charge is -2.26. The van der Waals surface area contributed by atoms with Crippen LogP contribution in [0.2, 0.25) is 0 Å². The molecule has 174 valence electrons. The smallest absolute Gasteiger partial charge is 0.356 e. The second-order valence-electron chi connectivity index (χ2n) is 6.89. The average molecular weight is 573 g/mol. The first-order valence-corrected chi connectivity index (χ1v) is 10.2. The molecule has 1 aromatic heterocycles. The summed E-state index contributed by atoms with van der Waals surface area (Å²) in [4.78, 5) is 11.1. The number of alkyl halides is 6. The summed E-state index contributed by atoms with van der Waals surface area (Å²) in [7, 11) is 1.60. The number of hydrogen-bond acceptors (Lipinski definition) is 4. The van der Waals surface area contributed by atoms with Crippen molar-refractivity contribution in [3.8, 4) is 0 Å². The van der Waals surface area contributed by atoms with Crippen LogP contribution in [0.3, 0.4) is 0 Å². The van der Waals surface area contributed by atoms with Crippen LogP contribution in [0.1, 0.15) is 24.0 Å². The van der Waals surface area contributed by atoms with Gasteiger partial charge in [0.15, 0.2) is 11.7 Å². The van der Waals surface area contributed by atoms with Gasteiger partial charge in [0, 0.05) is 45.0 Å². The molecule has 0 aromatic carbocycles. The third-order valence-corrected chi connectivity index (χ3v) is 5.54. The van der Waals surface area contributed by atoms with Crippen LogP contribution >= 0.6 is 35.3 Å². The summed E-state index contributed by atoms with van der Waals surface area (Å²) in [6.07, 6.45) is -7.57. The number of guanidine groups is 1. The van der Waals surface area contributed by atoms with Crippen LogP contribution in [-0.4, -0.2) is 73.2 Å². The van der Waals surface area contributed by atoms with Gasteiger partial charge in [0.25, 0.3) is 0 Å². The summed E-state index contributed by atoms with van der Waals surface area (Å²) >= 11 is 0.960. The molecule has 13 heteroatoms. The Morgan fingerprint density at radius 2 is 2.03 bits per heavy atom. The van der Waals surface area contributed by atoms with Gasteiger partial charge in [0.1, 0.15) is 0 Å². The molecule has 1 N–H and O–H groups in total. The molecule has 2 rings (SSSR count). The maximum absolute atomic E-state index is 12.6. The van der Waals surface area contributed by atoms with E-state index >= 15 is 0 Å². The average Bonchev–Trinajstić information content (AvgIpc) is 3.26. The lowest BCUT2D eigenvalue weighted by Crippen LogP contribution is -2.42. The zero-order chi connectivity index (χ0) is 21.7. The van der Waals surface area contributed by atoms with E-state index in [0.717, 1.165) is 23.1 Å². The van der Waals surface area contributed by atoms with Crippen LogP contribution in [0.15, 0.2) is 10.4 Å². The SMILES string of the molecule is CCN(CC1CCN(C(=NC)NCCc2nc(C(F)(F)F)cs2)C1)CC(F)(F)F.I. The van der Waals surface area contributed by atoms with E-state index in [0.29, 0.717) is 50.1 Å². The van der Waals surface area contributed by atoms with Crippen LogP contribution < -0.4 is 5.32 Å². The van der Waals surface area contributed by atoms with Crippen LogP contribution in [-0.2, 0) is 12.6 Å². The monoisotopic (exact) mass is 573 g/mol. The summed E-state index contributed by atoms with van der Waals surface area (Å²) < 4.78 is 75.6.